The van der Waals surface area contributed by atoms with Gasteiger partial charge in [0, 0.05) is 49.4 Å². The van der Waals surface area contributed by atoms with Crippen molar-refractivity contribution in [2.24, 2.45) is 0 Å². The Morgan fingerprint density at radius 1 is 0.536 bits per heavy atom. The third kappa shape index (κ3) is 6.62. The minimum absolute atomic E-state index is 0.842. The minimum atomic E-state index is 0.842. The lowest BCUT2D eigenvalue weighted by atomic mass is 9.92. The molecule has 0 bridgehead atoms. The molecule has 0 radical (unpaired) electrons. The highest BCUT2D eigenvalue weighted by Crippen LogP contribution is 2.38. The molecule has 0 saturated carbocycles. The third-order valence-corrected chi connectivity index (χ3v) is 10.7. The fourth-order valence-corrected chi connectivity index (χ4v) is 8.02. The predicted octanol–water partition coefficient (Wildman–Crippen LogP) is 15.5. The summed E-state index contributed by atoms with van der Waals surface area (Å²) < 4.78 is 12.4. The molecule has 10 rings (SSSR count). The molecule has 3 aromatic heterocycles. The van der Waals surface area contributed by atoms with Gasteiger partial charge >= 0.3 is 0 Å². The van der Waals surface area contributed by atoms with Crippen LogP contribution >= 0.6 is 0 Å². The van der Waals surface area contributed by atoms with Crippen LogP contribution < -0.4 is 0 Å². The molecule has 56 heavy (non-hydrogen) atoms. The van der Waals surface area contributed by atoms with Gasteiger partial charge in [-0.1, -0.05) is 141 Å². The molecule has 0 aliphatic carbocycles. The molecule has 1 N–H and O–H groups in total. The summed E-state index contributed by atoms with van der Waals surface area (Å²) >= 11 is 0. The summed E-state index contributed by atoms with van der Waals surface area (Å²) in [5.41, 5.74) is 14.6. The maximum absolute atomic E-state index is 6.27. The fraction of sp³-hybridized carbons (Fsp3) is 0.0943. The van der Waals surface area contributed by atoms with Crippen LogP contribution in [0.3, 0.4) is 0 Å². The van der Waals surface area contributed by atoms with Crippen molar-refractivity contribution in [1.82, 2.24) is 4.98 Å². The Bertz CT molecular complexity index is 3070. The molecule has 0 fully saturated rings. The molecule has 0 spiro atoms. The molecule has 0 unspecified atom stereocenters. The molecule has 0 saturated heterocycles. The van der Waals surface area contributed by atoms with E-state index in [1.165, 1.54) is 55.2 Å². The number of benzene rings is 7. The van der Waals surface area contributed by atoms with Crippen molar-refractivity contribution in [3.63, 3.8) is 0 Å². The number of hydrogen-bond acceptors (Lipinski definition) is 2. The summed E-state index contributed by atoms with van der Waals surface area (Å²) in [6.07, 6.45) is 11.0. The van der Waals surface area contributed by atoms with Gasteiger partial charge < -0.3 is 13.8 Å². The zero-order chi connectivity index (χ0) is 38.0. The van der Waals surface area contributed by atoms with Crippen LogP contribution in [-0.2, 0) is 6.42 Å². The first-order chi connectivity index (χ1) is 27.6. The number of para-hydroxylation sites is 3. The van der Waals surface area contributed by atoms with E-state index in [1.54, 1.807) is 0 Å². The van der Waals surface area contributed by atoms with Crippen molar-refractivity contribution in [2.45, 2.75) is 33.6 Å². The van der Waals surface area contributed by atoms with Crippen LogP contribution in [0, 0.1) is 0 Å². The number of nitrogens with one attached hydrogen (secondary N) is 1. The van der Waals surface area contributed by atoms with Gasteiger partial charge in [0.25, 0.3) is 0 Å². The minimum Gasteiger partial charge on any atom is -0.456 e. The molecular formula is C53H43NO2. The van der Waals surface area contributed by atoms with E-state index in [4.69, 9.17) is 8.83 Å². The molecule has 10 aromatic rings. The number of aryl methyl sites for hydroxylation is 1. The number of H-pyrrole nitrogens is 1. The number of fused-ring (bicyclic) bond motifs is 9. The molecule has 3 heteroatoms. The first kappa shape index (κ1) is 34.9. The zero-order valence-electron chi connectivity index (χ0n) is 32.0. The van der Waals surface area contributed by atoms with Crippen LogP contribution in [0.1, 0.15) is 43.9 Å². The standard InChI is InChI=1S/C41H34O2.C12H9N/c1-4-11-27(3)32(33-16-7-6-14-29(33)12-5-2)21-19-28-13-10-15-30(23-28)31-20-22-39-35(24-31)37-25-36-34-17-8-9-18-38(34)42-40(36)26-41(37)43-39;1-3-7-11-9(5-1)10-6-2-4-8-12(10)13-11/h4,6-11,13-26H,5,12H2,1-3H3;1-8,13H/b11-4-,21-19+,32-27+;. The van der Waals surface area contributed by atoms with E-state index in [-0.39, 0.29) is 0 Å². The highest BCUT2D eigenvalue weighted by atomic mass is 16.3. The van der Waals surface area contributed by atoms with Gasteiger partial charge in [-0.2, -0.15) is 0 Å². The molecule has 3 heterocycles. The molecule has 0 aliphatic rings. The van der Waals surface area contributed by atoms with Gasteiger partial charge in [-0.3, -0.25) is 0 Å². The first-order valence-electron chi connectivity index (χ1n) is 19.5. The van der Waals surface area contributed by atoms with Crippen molar-refractivity contribution in [3.05, 3.63) is 192 Å². The fourth-order valence-electron chi connectivity index (χ4n) is 8.02. The Kier molecular flexibility index (Phi) is 9.42. The monoisotopic (exact) mass is 725 g/mol. The molecule has 7 aromatic carbocycles. The number of aromatic amines is 1. The number of hydrogen-bond donors (Lipinski definition) is 1. The third-order valence-electron chi connectivity index (χ3n) is 10.7. The number of furan rings is 2. The van der Waals surface area contributed by atoms with Gasteiger partial charge in [0.2, 0.25) is 0 Å². The maximum Gasteiger partial charge on any atom is 0.139 e. The summed E-state index contributed by atoms with van der Waals surface area (Å²) in [5.74, 6) is 0. The van der Waals surface area contributed by atoms with Gasteiger partial charge in [-0.15, -0.1) is 0 Å². The molecule has 272 valence electrons. The Balaban J connectivity index is 0.000000264. The lowest BCUT2D eigenvalue weighted by molar-refractivity contribution is 0.656. The molecular weight excluding hydrogens is 683 g/mol. The Labute approximate surface area is 326 Å². The van der Waals surface area contributed by atoms with E-state index in [2.05, 4.69) is 184 Å². The average molecular weight is 726 g/mol. The topological polar surface area (TPSA) is 42.1 Å². The van der Waals surface area contributed by atoms with Gasteiger partial charge in [0.05, 0.1) is 0 Å². The number of allylic oxidation sites excluding steroid dienone is 5. The molecule has 0 amide bonds. The second-order valence-corrected chi connectivity index (χ2v) is 14.4. The molecule has 0 aliphatic heterocycles. The summed E-state index contributed by atoms with van der Waals surface area (Å²) in [7, 11) is 0. The van der Waals surface area contributed by atoms with Crippen LogP contribution in [-0.4, -0.2) is 4.98 Å². The van der Waals surface area contributed by atoms with Gasteiger partial charge in [-0.05, 0) is 102 Å². The van der Waals surface area contributed by atoms with Crippen molar-refractivity contribution in [2.75, 3.05) is 0 Å². The van der Waals surface area contributed by atoms with Gasteiger partial charge in [0.1, 0.15) is 22.3 Å². The van der Waals surface area contributed by atoms with Crippen LogP contribution in [0.2, 0.25) is 0 Å². The average Bonchev–Trinajstić information content (AvgIpc) is 3.91. The lowest BCUT2D eigenvalue weighted by Crippen LogP contribution is -1.94. The van der Waals surface area contributed by atoms with Crippen LogP contribution in [0.4, 0.5) is 0 Å². The summed E-state index contributed by atoms with van der Waals surface area (Å²) in [5, 5.41) is 7.06. The van der Waals surface area contributed by atoms with E-state index in [9.17, 15) is 0 Å². The summed E-state index contributed by atoms with van der Waals surface area (Å²) in [4.78, 5) is 3.38. The maximum atomic E-state index is 6.27. The zero-order valence-corrected chi connectivity index (χ0v) is 32.0. The van der Waals surface area contributed by atoms with Crippen molar-refractivity contribution >= 4 is 77.3 Å². The smallest absolute Gasteiger partial charge is 0.139 e. The largest absolute Gasteiger partial charge is 0.456 e. The highest BCUT2D eigenvalue weighted by molar-refractivity contribution is 6.15. The SMILES string of the molecule is C\C=C/C(C)=C(\C=C\c1cccc(-c2ccc3oc4cc5oc6ccccc6c5cc4c3c2)c1)c1ccccc1CCC.c1ccc2c(c1)[nH]c1ccccc12. The second-order valence-electron chi connectivity index (χ2n) is 14.4. The van der Waals surface area contributed by atoms with Crippen LogP contribution in [0.25, 0.3) is 88.5 Å². The number of rotatable bonds is 7. The van der Waals surface area contributed by atoms with E-state index < -0.39 is 0 Å². The normalized spacial score (nSPS) is 12.5. The Hall–Kier alpha value is -6.84. The van der Waals surface area contributed by atoms with Crippen molar-refractivity contribution in [1.29, 1.82) is 0 Å². The number of aromatic nitrogens is 1. The summed E-state index contributed by atoms with van der Waals surface area (Å²) in [6.45, 7) is 6.51. The van der Waals surface area contributed by atoms with Crippen molar-refractivity contribution < 1.29 is 8.83 Å². The van der Waals surface area contributed by atoms with Crippen molar-refractivity contribution in [3.8, 4) is 11.1 Å². The lowest BCUT2D eigenvalue weighted by Gasteiger charge is -2.12. The van der Waals surface area contributed by atoms with Gasteiger partial charge in [0.15, 0.2) is 0 Å². The van der Waals surface area contributed by atoms with E-state index in [0.717, 1.165) is 62.3 Å². The van der Waals surface area contributed by atoms with E-state index >= 15 is 0 Å². The summed E-state index contributed by atoms with van der Waals surface area (Å²) in [6, 6.07) is 53.2. The van der Waals surface area contributed by atoms with E-state index in [1.807, 2.05) is 18.2 Å². The Morgan fingerprint density at radius 2 is 1.16 bits per heavy atom. The van der Waals surface area contributed by atoms with Crippen LogP contribution in [0.5, 0.6) is 0 Å². The van der Waals surface area contributed by atoms with E-state index in [0.29, 0.717) is 0 Å². The highest BCUT2D eigenvalue weighted by Gasteiger charge is 2.14. The molecule has 0 atom stereocenters. The predicted molar refractivity (Wildman–Crippen MR) is 239 cm³/mol. The second kappa shape index (κ2) is 15.1. The first-order valence-corrected chi connectivity index (χ1v) is 19.5. The Morgan fingerprint density at radius 3 is 1.91 bits per heavy atom. The van der Waals surface area contributed by atoms with Crippen LogP contribution in [0.15, 0.2) is 184 Å². The molecule has 3 nitrogen and oxygen atoms in total. The quantitative estimate of drug-likeness (QED) is 0.166. The van der Waals surface area contributed by atoms with Gasteiger partial charge in [-0.25, -0.2) is 0 Å².